The molecule has 0 radical (unpaired) electrons. The molecule has 0 unspecified atom stereocenters. The molecule has 0 bridgehead atoms. The first-order chi connectivity index (χ1) is 10.0. The zero-order valence-electron chi connectivity index (χ0n) is 10.7. The normalized spacial score (nSPS) is 10.8. The lowest BCUT2D eigenvalue weighted by Crippen LogP contribution is -2.13. The first kappa shape index (κ1) is 13.0. The second-order valence-corrected chi connectivity index (χ2v) is 4.49. The van der Waals surface area contributed by atoms with Crippen LogP contribution in [0, 0.1) is 11.6 Å². The molecule has 1 amide bonds. The lowest BCUT2D eigenvalue weighted by Gasteiger charge is -2.04. The molecule has 7 heteroatoms. The van der Waals surface area contributed by atoms with Gasteiger partial charge in [0.2, 0.25) is 0 Å². The fourth-order valence-corrected chi connectivity index (χ4v) is 2.02. The number of carbonyl (C=O) groups is 1. The molecule has 0 saturated heterocycles. The highest BCUT2D eigenvalue weighted by atomic mass is 19.1. The molecule has 0 aliphatic carbocycles. The third kappa shape index (κ3) is 2.53. The maximum Gasteiger partial charge on any atom is 0.276 e. The number of aromatic nitrogens is 2. The van der Waals surface area contributed by atoms with E-state index in [0.29, 0.717) is 16.6 Å². The Labute approximate surface area is 117 Å². The molecule has 1 heterocycles. The number of nitrogen functional groups attached to an aromatic ring is 1. The van der Waals surface area contributed by atoms with Gasteiger partial charge in [0.1, 0.15) is 11.6 Å². The van der Waals surface area contributed by atoms with Gasteiger partial charge in [0.05, 0.1) is 5.52 Å². The van der Waals surface area contributed by atoms with E-state index in [0.717, 1.165) is 18.2 Å². The number of nitrogens with one attached hydrogen (secondary N) is 2. The molecule has 106 valence electrons. The van der Waals surface area contributed by atoms with Crippen molar-refractivity contribution in [2.75, 3.05) is 11.1 Å². The van der Waals surface area contributed by atoms with Crippen LogP contribution in [0.5, 0.6) is 0 Å². The van der Waals surface area contributed by atoms with Gasteiger partial charge in [-0.2, -0.15) is 5.10 Å². The summed E-state index contributed by atoms with van der Waals surface area (Å²) in [6, 6.07) is 7.72. The predicted octanol–water partition coefficient (Wildman–Crippen LogP) is 2.68. The van der Waals surface area contributed by atoms with Crippen molar-refractivity contribution in [1.29, 1.82) is 0 Å². The third-order valence-corrected chi connectivity index (χ3v) is 2.92. The quantitative estimate of drug-likeness (QED) is 0.634. The van der Waals surface area contributed by atoms with E-state index in [1.54, 1.807) is 18.2 Å². The van der Waals surface area contributed by atoms with Gasteiger partial charge in [0, 0.05) is 22.8 Å². The molecule has 0 aliphatic rings. The summed E-state index contributed by atoms with van der Waals surface area (Å²) in [5, 5.41) is 9.51. The Bertz CT molecular complexity index is 824. The SMILES string of the molecule is Nc1ccc2[nH]nc(C(=O)Nc3cc(F)cc(F)c3)c2c1. The zero-order valence-corrected chi connectivity index (χ0v) is 10.7. The van der Waals surface area contributed by atoms with Gasteiger partial charge in [-0.15, -0.1) is 0 Å². The van der Waals surface area contributed by atoms with Gasteiger partial charge in [-0.25, -0.2) is 8.78 Å². The highest BCUT2D eigenvalue weighted by Gasteiger charge is 2.15. The van der Waals surface area contributed by atoms with Crippen molar-refractivity contribution in [1.82, 2.24) is 10.2 Å². The summed E-state index contributed by atoms with van der Waals surface area (Å²) in [5.41, 5.74) is 6.90. The summed E-state index contributed by atoms with van der Waals surface area (Å²) in [7, 11) is 0. The Hall–Kier alpha value is -2.96. The fourth-order valence-electron chi connectivity index (χ4n) is 2.02. The summed E-state index contributed by atoms with van der Waals surface area (Å²) in [5.74, 6) is -2.14. The number of hydrogen-bond acceptors (Lipinski definition) is 3. The molecule has 0 atom stereocenters. The Kier molecular flexibility index (Phi) is 3.02. The van der Waals surface area contributed by atoms with Gasteiger partial charge in [-0.1, -0.05) is 0 Å². The zero-order chi connectivity index (χ0) is 15.0. The minimum atomic E-state index is -0.776. The number of nitrogens with two attached hydrogens (primary N) is 1. The average molecular weight is 288 g/mol. The second-order valence-electron chi connectivity index (χ2n) is 4.49. The molecular weight excluding hydrogens is 278 g/mol. The number of halogens is 2. The molecule has 0 saturated carbocycles. The maximum absolute atomic E-state index is 13.1. The van der Waals surface area contributed by atoms with Gasteiger partial charge in [0.25, 0.3) is 5.91 Å². The number of amides is 1. The molecule has 0 aliphatic heterocycles. The number of anilines is 2. The van der Waals surface area contributed by atoms with Crippen molar-refractivity contribution < 1.29 is 13.6 Å². The molecule has 21 heavy (non-hydrogen) atoms. The molecule has 0 fully saturated rings. The van der Waals surface area contributed by atoms with Gasteiger partial charge < -0.3 is 11.1 Å². The van der Waals surface area contributed by atoms with Gasteiger partial charge in [0.15, 0.2) is 5.69 Å². The van der Waals surface area contributed by atoms with Crippen LogP contribution >= 0.6 is 0 Å². The number of rotatable bonds is 2. The van der Waals surface area contributed by atoms with Crippen LogP contribution in [0.1, 0.15) is 10.5 Å². The lowest BCUT2D eigenvalue weighted by atomic mass is 10.2. The Morgan fingerprint density at radius 1 is 1.14 bits per heavy atom. The largest absolute Gasteiger partial charge is 0.399 e. The Morgan fingerprint density at radius 2 is 1.86 bits per heavy atom. The molecule has 2 aromatic carbocycles. The molecule has 3 aromatic rings. The van der Waals surface area contributed by atoms with E-state index in [1.165, 1.54) is 0 Å². The molecule has 5 nitrogen and oxygen atoms in total. The van der Waals surface area contributed by atoms with Crippen molar-refractivity contribution in [3.05, 3.63) is 53.7 Å². The standard InChI is InChI=1S/C14H10F2N4O/c15-7-3-8(16)5-10(4-7)18-14(21)13-11-6-9(17)1-2-12(11)19-20-13/h1-6H,17H2,(H,18,21)(H,19,20). The van der Waals surface area contributed by atoms with E-state index >= 15 is 0 Å². The molecule has 0 spiro atoms. The van der Waals surface area contributed by atoms with E-state index in [2.05, 4.69) is 15.5 Å². The van der Waals surface area contributed by atoms with Gasteiger partial charge >= 0.3 is 0 Å². The third-order valence-electron chi connectivity index (χ3n) is 2.92. The van der Waals surface area contributed by atoms with Crippen molar-refractivity contribution >= 4 is 28.2 Å². The van der Waals surface area contributed by atoms with E-state index in [9.17, 15) is 13.6 Å². The minimum Gasteiger partial charge on any atom is -0.399 e. The van der Waals surface area contributed by atoms with Gasteiger partial charge in [-0.3, -0.25) is 9.89 Å². The van der Waals surface area contributed by atoms with Crippen molar-refractivity contribution in [2.24, 2.45) is 0 Å². The number of hydrogen-bond donors (Lipinski definition) is 3. The van der Waals surface area contributed by atoms with Crippen molar-refractivity contribution in [2.45, 2.75) is 0 Å². The smallest absolute Gasteiger partial charge is 0.276 e. The summed E-state index contributed by atoms with van der Waals surface area (Å²) in [6.07, 6.45) is 0. The van der Waals surface area contributed by atoms with Crippen LogP contribution in [0.25, 0.3) is 10.9 Å². The fraction of sp³-hybridized carbons (Fsp3) is 0. The van der Waals surface area contributed by atoms with Crippen LogP contribution in [0.4, 0.5) is 20.2 Å². The van der Waals surface area contributed by atoms with Crippen LogP contribution in [0.15, 0.2) is 36.4 Å². The topological polar surface area (TPSA) is 83.8 Å². The second kappa shape index (κ2) is 4.86. The Balaban J connectivity index is 1.95. The monoisotopic (exact) mass is 288 g/mol. The van der Waals surface area contributed by atoms with Crippen molar-refractivity contribution in [3.8, 4) is 0 Å². The molecule has 1 aromatic heterocycles. The number of H-pyrrole nitrogens is 1. The predicted molar refractivity (Wildman–Crippen MR) is 74.8 cm³/mol. The molecule has 3 rings (SSSR count). The number of carbonyl (C=O) groups excluding carboxylic acids is 1. The molecule has 4 N–H and O–H groups in total. The van der Waals surface area contributed by atoms with Crippen LogP contribution in [-0.2, 0) is 0 Å². The average Bonchev–Trinajstić information content (AvgIpc) is 2.80. The van der Waals surface area contributed by atoms with Crippen LogP contribution in [0.3, 0.4) is 0 Å². The van der Waals surface area contributed by atoms with E-state index in [4.69, 9.17) is 5.73 Å². The highest BCUT2D eigenvalue weighted by molar-refractivity contribution is 6.11. The summed E-state index contributed by atoms with van der Waals surface area (Å²) in [4.78, 5) is 12.1. The Morgan fingerprint density at radius 3 is 2.57 bits per heavy atom. The van der Waals surface area contributed by atoms with Crippen molar-refractivity contribution in [3.63, 3.8) is 0 Å². The number of aromatic amines is 1. The molecular formula is C14H10F2N4O. The van der Waals surface area contributed by atoms with Crippen LogP contribution in [-0.4, -0.2) is 16.1 Å². The minimum absolute atomic E-state index is 0.0116. The van der Waals surface area contributed by atoms with Crippen LogP contribution < -0.4 is 11.1 Å². The number of fused-ring (bicyclic) bond motifs is 1. The lowest BCUT2D eigenvalue weighted by molar-refractivity contribution is 0.102. The first-order valence-corrected chi connectivity index (χ1v) is 6.04. The van der Waals surface area contributed by atoms with Crippen LogP contribution in [0.2, 0.25) is 0 Å². The first-order valence-electron chi connectivity index (χ1n) is 6.04. The number of benzene rings is 2. The van der Waals surface area contributed by atoms with E-state index in [1.807, 2.05) is 0 Å². The number of nitrogens with zero attached hydrogens (tertiary/aromatic N) is 1. The van der Waals surface area contributed by atoms with Gasteiger partial charge in [-0.05, 0) is 30.3 Å². The van der Waals surface area contributed by atoms with E-state index in [-0.39, 0.29) is 11.4 Å². The summed E-state index contributed by atoms with van der Waals surface area (Å²) in [6.45, 7) is 0. The highest BCUT2D eigenvalue weighted by Crippen LogP contribution is 2.20. The van der Waals surface area contributed by atoms with E-state index < -0.39 is 17.5 Å². The summed E-state index contributed by atoms with van der Waals surface area (Å²) >= 11 is 0. The summed E-state index contributed by atoms with van der Waals surface area (Å²) < 4.78 is 26.2. The maximum atomic E-state index is 13.1.